The van der Waals surface area contributed by atoms with Crippen LogP contribution in [0.15, 0.2) is 30.5 Å². The van der Waals surface area contributed by atoms with Crippen LogP contribution in [0.3, 0.4) is 0 Å². The van der Waals surface area contributed by atoms with Crippen molar-refractivity contribution in [2.24, 2.45) is 0 Å². The Morgan fingerprint density at radius 2 is 1.84 bits per heavy atom. The van der Waals surface area contributed by atoms with Gasteiger partial charge in [0.2, 0.25) is 0 Å². The Kier molecular flexibility index (Phi) is 11.7. The Hall–Kier alpha value is -3.52. The number of benzene rings is 1. The summed E-state index contributed by atoms with van der Waals surface area (Å²) in [6, 6.07) is 7.31. The van der Waals surface area contributed by atoms with Gasteiger partial charge < -0.3 is 30.3 Å². The second kappa shape index (κ2) is 15.5. The highest BCUT2D eigenvalue weighted by Crippen LogP contribution is 2.26. The van der Waals surface area contributed by atoms with E-state index < -0.39 is 11.7 Å². The summed E-state index contributed by atoms with van der Waals surface area (Å²) >= 11 is 7.42. The topological polar surface area (TPSA) is 134 Å². The molecule has 44 heavy (non-hydrogen) atoms. The van der Waals surface area contributed by atoms with Gasteiger partial charge in [0, 0.05) is 62.7 Å². The molecule has 1 saturated heterocycles. The van der Waals surface area contributed by atoms with E-state index in [4.69, 9.17) is 21.1 Å². The highest BCUT2D eigenvalue weighted by molar-refractivity contribution is 7.17. The number of hydrogen-bond acceptors (Lipinski definition) is 11. The average molecular weight is 645 g/mol. The first-order chi connectivity index (χ1) is 20.9. The van der Waals surface area contributed by atoms with Crippen molar-refractivity contribution >= 4 is 57.4 Å². The number of anilines is 4. The monoisotopic (exact) mass is 644 g/mol. The minimum atomic E-state index is -0.498. The van der Waals surface area contributed by atoms with Gasteiger partial charge in [0.15, 0.2) is 5.13 Å². The zero-order valence-electron chi connectivity index (χ0n) is 25.9. The minimum Gasteiger partial charge on any atom is -0.444 e. The number of nitrogens with zero attached hydrogens (tertiary/aromatic N) is 5. The molecule has 0 saturated carbocycles. The van der Waals surface area contributed by atoms with E-state index in [-0.39, 0.29) is 5.91 Å². The number of halogens is 1. The number of aryl methyl sites for hydroxylation is 2. The Bertz CT molecular complexity index is 1420. The molecule has 3 heterocycles. The second-order valence-electron chi connectivity index (χ2n) is 11.5. The van der Waals surface area contributed by atoms with Gasteiger partial charge in [-0.15, -0.1) is 0 Å². The van der Waals surface area contributed by atoms with E-state index in [1.54, 1.807) is 6.07 Å². The van der Waals surface area contributed by atoms with Crippen LogP contribution in [0.2, 0.25) is 5.02 Å². The summed E-state index contributed by atoms with van der Waals surface area (Å²) in [6.45, 7) is 15.3. The van der Waals surface area contributed by atoms with Crippen LogP contribution in [0.25, 0.3) is 0 Å². The minimum absolute atomic E-state index is 0.256. The number of carbonyl (C=O) groups is 2. The van der Waals surface area contributed by atoms with Crippen molar-refractivity contribution in [2.75, 3.05) is 68.0 Å². The molecular formula is C30H41ClN8O4S. The second-order valence-corrected chi connectivity index (χ2v) is 12.9. The van der Waals surface area contributed by atoms with Crippen molar-refractivity contribution in [3.63, 3.8) is 0 Å². The number of alkyl carbamates (subject to hydrolysis) is 1. The van der Waals surface area contributed by atoms with Crippen LogP contribution in [0.1, 0.15) is 48.3 Å². The highest BCUT2D eigenvalue weighted by Gasteiger charge is 2.20. The largest absolute Gasteiger partial charge is 0.444 e. The lowest BCUT2D eigenvalue weighted by atomic mass is 10.2. The molecule has 0 bridgehead atoms. The molecule has 1 aromatic carbocycles. The molecule has 0 aliphatic carbocycles. The van der Waals surface area contributed by atoms with Crippen molar-refractivity contribution in [2.45, 2.75) is 46.6 Å². The molecule has 2 aromatic heterocycles. The van der Waals surface area contributed by atoms with E-state index in [1.807, 2.05) is 52.8 Å². The molecule has 3 aromatic rings. The fraction of sp³-hybridized carbons (Fsp3) is 0.500. The van der Waals surface area contributed by atoms with E-state index in [0.717, 1.165) is 50.5 Å². The van der Waals surface area contributed by atoms with E-state index in [1.165, 1.54) is 17.5 Å². The molecule has 2 amide bonds. The molecule has 0 atom stereocenters. The van der Waals surface area contributed by atoms with Gasteiger partial charge in [0.05, 0.1) is 12.8 Å². The number of thiazole rings is 1. The van der Waals surface area contributed by atoms with Crippen LogP contribution in [-0.2, 0) is 9.47 Å². The number of rotatable bonds is 12. The third-order valence-corrected chi connectivity index (χ3v) is 7.92. The van der Waals surface area contributed by atoms with Crippen LogP contribution >= 0.6 is 22.9 Å². The predicted molar refractivity (Wildman–Crippen MR) is 175 cm³/mol. The van der Waals surface area contributed by atoms with Crippen LogP contribution in [0, 0.1) is 13.8 Å². The molecule has 4 rings (SSSR count). The van der Waals surface area contributed by atoms with E-state index >= 15 is 0 Å². The smallest absolute Gasteiger partial charge is 0.407 e. The first-order valence-corrected chi connectivity index (χ1v) is 15.8. The number of piperazine rings is 1. The summed E-state index contributed by atoms with van der Waals surface area (Å²) in [6.07, 6.45) is 1.87. The molecule has 1 aliphatic rings. The lowest BCUT2D eigenvalue weighted by Crippen LogP contribution is -2.47. The van der Waals surface area contributed by atoms with Gasteiger partial charge in [0.1, 0.15) is 27.9 Å². The van der Waals surface area contributed by atoms with Gasteiger partial charge in [-0.2, -0.15) is 0 Å². The van der Waals surface area contributed by atoms with Gasteiger partial charge in [-0.3, -0.25) is 9.69 Å². The van der Waals surface area contributed by atoms with Gasteiger partial charge in [-0.05, 0) is 58.7 Å². The predicted octanol–water partition coefficient (Wildman–Crippen LogP) is 5.25. The number of amides is 2. The number of ether oxygens (including phenoxy) is 2. The highest BCUT2D eigenvalue weighted by atomic mass is 35.5. The lowest BCUT2D eigenvalue weighted by molar-refractivity contribution is 0.0517. The number of aromatic nitrogens is 3. The molecule has 1 fully saturated rings. The van der Waals surface area contributed by atoms with Crippen LogP contribution in [-0.4, -0.2) is 89.9 Å². The summed E-state index contributed by atoms with van der Waals surface area (Å²) in [5.74, 6) is 1.86. The van der Waals surface area contributed by atoms with Crippen molar-refractivity contribution < 1.29 is 19.1 Å². The van der Waals surface area contributed by atoms with Crippen molar-refractivity contribution in [1.82, 2.24) is 25.2 Å². The van der Waals surface area contributed by atoms with E-state index in [2.05, 4.69) is 40.7 Å². The standard InChI is InChI=1S/C30H41ClN8O4S/c1-20-7-8-22(17-23(20)31)36-27(40)24-19-33-28(44-24)37-25-18-26(35-21(2)34-25)39-12-10-38(11-13-39)14-16-42-15-6-9-32-29(41)43-30(3,4)5/h7-8,17-19H,6,9-16H2,1-5H3,(H,32,41)(H,36,40)(H,33,34,35,37). The third kappa shape index (κ3) is 10.6. The van der Waals surface area contributed by atoms with Crippen LogP contribution in [0.5, 0.6) is 0 Å². The number of nitrogens with one attached hydrogen (secondary N) is 3. The maximum Gasteiger partial charge on any atom is 0.407 e. The van der Waals surface area contributed by atoms with E-state index in [9.17, 15) is 9.59 Å². The van der Waals surface area contributed by atoms with Crippen molar-refractivity contribution in [1.29, 1.82) is 0 Å². The molecule has 14 heteroatoms. The fourth-order valence-electron chi connectivity index (χ4n) is 4.36. The fourth-order valence-corrected chi connectivity index (χ4v) is 5.26. The number of carbonyl (C=O) groups excluding carboxylic acids is 2. The maximum atomic E-state index is 12.7. The van der Waals surface area contributed by atoms with Crippen LogP contribution < -0.4 is 20.9 Å². The van der Waals surface area contributed by atoms with Gasteiger partial charge >= 0.3 is 6.09 Å². The average Bonchev–Trinajstić information content (AvgIpc) is 3.42. The van der Waals surface area contributed by atoms with Crippen molar-refractivity contribution in [3.8, 4) is 0 Å². The maximum absolute atomic E-state index is 12.7. The first kappa shape index (κ1) is 33.4. The van der Waals surface area contributed by atoms with Crippen molar-refractivity contribution in [3.05, 3.63) is 51.7 Å². The molecule has 12 nitrogen and oxygen atoms in total. The lowest BCUT2D eigenvalue weighted by Gasteiger charge is -2.35. The third-order valence-electron chi connectivity index (χ3n) is 6.60. The molecule has 1 aliphatic heterocycles. The molecular weight excluding hydrogens is 604 g/mol. The summed E-state index contributed by atoms with van der Waals surface area (Å²) in [5, 5.41) is 9.98. The summed E-state index contributed by atoms with van der Waals surface area (Å²) in [5.41, 5.74) is 1.07. The molecule has 0 spiro atoms. The first-order valence-electron chi connectivity index (χ1n) is 14.6. The van der Waals surface area contributed by atoms with Gasteiger partial charge in [-0.1, -0.05) is 29.0 Å². The van der Waals surface area contributed by atoms with Gasteiger partial charge in [0.25, 0.3) is 5.91 Å². The Morgan fingerprint density at radius 3 is 2.57 bits per heavy atom. The number of hydrogen-bond donors (Lipinski definition) is 3. The van der Waals surface area contributed by atoms with E-state index in [0.29, 0.717) is 52.1 Å². The zero-order chi connectivity index (χ0) is 31.7. The normalized spacial score (nSPS) is 13.9. The van der Waals surface area contributed by atoms with Gasteiger partial charge in [-0.25, -0.2) is 19.7 Å². The SMILES string of the molecule is Cc1nc(Nc2ncc(C(=O)Nc3ccc(C)c(Cl)c3)s2)cc(N2CCN(CCOCCCNC(=O)OC(C)(C)C)CC2)n1. The summed E-state index contributed by atoms with van der Waals surface area (Å²) < 4.78 is 11.0. The molecule has 0 unspecified atom stereocenters. The Morgan fingerprint density at radius 1 is 1.07 bits per heavy atom. The Labute approximate surface area is 267 Å². The zero-order valence-corrected chi connectivity index (χ0v) is 27.5. The molecule has 3 N–H and O–H groups in total. The quantitative estimate of drug-likeness (QED) is 0.224. The molecule has 0 radical (unpaired) electrons. The van der Waals surface area contributed by atoms with Crippen LogP contribution in [0.4, 0.5) is 27.2 Å². The summed E-state index contributed by atoms with van der Waals surface area (Å²) in [4.78, 5) is 43.0. The molecule has 238 valence electrons. The Balaban J connectivity index is 1.19. The summed E-state index contributed by atoms with van der Waals surface area (Å²) in [7, 11) is 0.